The molecule has 2 aromatic carbocycles. The second-order valence-electron chi connectivity index (χ2n) is 4.97. The SMILES string of the molecule is Nc1ccncc1C(N)c1ccc(Oc2ccccc2)cc1. The Labute approximate surface area is 129 Å². The summed E-state index contributed by atoms with van der Waals surface area (Å²) in [5.41, 5.74) is 14.6. The van der Waals surface area contributed by atoms with Gasteiger partial charge >= 0.3 is 0 Å². The molecule has 3 rings (SSSR count). The molecule has 1 heterocycles. The number of aromatic nitrogens is 1. The minimum absolute atomic E-state index is 0.306. The van der Waals surface area contributed by atoms with Crippen molar-refractivity contribution in [3.63, 3.8) is 0 Å². The number of hydrogen-bond donors (Lipinski definition) is 2. The lowest BCUT2D eigenvalue weighted by atomic mass is 10.00. The lowest BCUT2D eigenvalue weighted by Crippen LogP contribution is -2.14. The van der Waals surface area contributed by atoms with Crippen LogP contribution >= 0.6 is 0 Å². The molecule has 1 aromatic heterocycles. The van der Waals surface area contributed by atoms with E-state index in [9.17, 15) is 0 Å². The molecule has 0 saturated heterocycles. The Hall–Kier alpha value is -2.85. The van der Waals surface area contributed by atoms with Gasteiger partial charge in [0.05, 0.1) is 6.04 Å². The Kier molecular flexibility index (Phi) is 4.03. The van der Waals surface area contributed by atoms with Gasteiger partial charge in [-0.05, 0) is 35.9 Å². The first kappa shape index (κ1) is 14.1. The zero-order valence-electron chi connectivity index (χ0n) is 12.0. The Morgan fingerprint density at radius 2 is 1.55 bits per heavy atom. The third-order valence-electron chi connectivity index (χ3n) is 3.44. The number of nitrogen functional groups attached to an aromatic ring is 1. The van der Waals surface area contributed by atoms with Crippen molar-refractivity contribution in [3.8, 4) is 11.5 Å². The van der Waals surface area contributed by atoms with Gasteiger partial charge in [-0.25, -0.2) is 0 Å². The molecule has 0 radical (unpaired) electrons. The van der Waals surface area contributed by atoms with E-state index in [1.807, 2.05) is 54.6 Å². The average molecular weight is 291 g/mol. The molecule has 0 aliphatic carbocycles. The van der Waals surface area contributed by atoms with E-state index >= 15 is 0 Å². The van der Waals surface area contributed by atoms with Crippen molar-refractivity contribution in [1.29, 1.82) is 0 Å². The van der Waals surface area contributed by atoms with Gasteiger partial charge in [0.1, 0.15) is 11.5 Å². The number of para-hydroxylation sites is 1. The van der Waals surface area contributed by atoms with E-state index in [2.05, 4.69) is 4.98 Å². The van der Waals surface area contributed by atoms with Crippen molar-refractivity contribution in [2.45, 2.75) is 6.04 Å². The Morgan fingerprint density at radius 1 is 0.864 bits per heavy atom. The van der Waals surface area contributed by atoms with Gasteiger partial charge in [0.25, 0.3) is 0 Å². The zero-order valence-corrected chi connectivity index (χ0v) is 12.0. The van der Waals surface area contributed by atoms with E-state index in [0.717, 1.165) is 22.6 Å². The van der Waals surface area contributed by atoms with Gasteiger partial charge < -0.3 is 16.2 Å². The highest BCUT2D eigenvalue weighted by Crippen LogP contribution is 2.27. The Morgan fingerprint density at radius 3 is 2.23 bits per heavy atom. The molecule has 0 saturated carbocycles. The van der Waals surface area contributed by atoms with Crippen LogP contribution in [0.2, 0.25) is 0 Å². The van der Waals surface area contributed by atoms with E-state index in [-0.39, 0.29) is 6.04 Å². The quantitative estimate of drug-likeness (QED) is 0.771. The Bertz CT molecular complexity index is 742. The maximum atomic E-state index is 6.26. The highest BCUT2D eigenvalue weighted by atomic mass is 16.5. The molecule has 0 bridgehead atoms. The summed E-state index contributed by atoms with van der Waals surface area (Å²) in [5.74, 6) is 1.57. The molecule has 0 fully saturated rings. The second kappa shape index (κ2) is 6.28. The van der Waals surface area contributed by atoms with Crippen molar-refractivity contribution < 1.29 is 4.74 Å². The highest BCUT2D eigenvalue weighted by Gasteiger charge is 2.12. The van der Waals surface area contributed by atoms with Crippen molar-refractivity contribution >= 4 is 5.69 Å². The van der Waals surface area contributed by atoms with Crippen LogP contribution < -0.4 is 16.2 Å². The summed E-state index contributed by atoms with van der Waals surface area (Å²) in [6, 6.07) is 18.8. The maximum Gasteiger partial charge on any atom is 0.127 e. The molecule has 0 spiro atoms. The largest absolute Gasteiger partial charge is 0.457 e. The molecule has 4 heteroatoms. The maximum absolute atomic E-state index is 6.26. The van der Waals surface area contributed by atoms with E-state index < -0.39 is 0 Å². The number of rotatable bonds is 4. The highest BCUT2D eigenvalue weighted by molar-refractivity contribution is 5.49. The lowest BCUT2D eigenvalue weighted by Gasteiger charge is -2.15. The smallest absolute Gasteiger partial charge is 0.127 e. The number of anilines is 1. The molecule has 4 nitrogen and oxygen atoms in total. The number of benzene rings is 2. The van der Waals surface area contributed by atoms with Gasteiger partial charge in [0.2, 0.25) is 0 Å². The molecule has 0 aliphatic rings. The lowest BCUT2D eigenvalue weighted by molar-refractivity contribution is 0.482. The average Bonchev–Trinajstić information content (AvgIpc) is 2.56. The number of ether oxygens (including phenoxy) is 1. The van der Waals surface area contributed by atoms with Crippen LogP contribution in [0.15, 0.2) is 73.1 Å². The summed E-state index contributed by atoms with van der Waals surface area (Å²) in [6.45, 7) is 0. The van der Waals surface area contributed by atoms with Gasteiger partial charge in [0, 0.05) is 23.6 Å². The molecule has 4 N–H and O–H groups in total. The fraction of sp³-hybridized carbons (Fsp3) is 0.0556. The van der Waals surface area contributed by atoms with Gasteiger partial charge in [-0.3, -0.25) is 4.98 Å². The van der Waals surface area contributed by atoms with Crippen LogP contribution in [0.4, 0.5) is 5.69 Å². The molecular weight excluding hydrogens is 274 g/mol. The number of pyridine rings is 1. The summed E-state index contributed by atoms with van der Waals surface area (Å²) < 4.78 is 5.76. The van der Waals surface area contributed by atoms with Gasteiger partial charge in [-0.15, -0.1) is 0 Å². The minimum atomic E-state index is -0.306. The summed E-state index contributed by atoms with van der Waals surface area (Å²) in [5, 5.41) is 0. The second-order valence-corrected chi connectivity index (χ2v) is 4.97. The molecule has 22 heavy (non-hydrogen) atoms. The number of hydrogen-bond acceptors (Lipinski definition) is 4. The fourth-order valence-corrected chi connectivity index (χ4v) is 2.22. The van der Waals surface area contributed by atoms with Crippen LogP contribution in [0, 0.1) is 0 Å². The third-order valence-corrected chi connectivity index (χ3v) is 3.44. The number of nitrogens with two attached hydrogens (primary N) is 2. The first-order chi connectivity index (χ1) is 10.7. The molecule has 3 aromatic rings. The van der Waals surface area contributed by atoms with Gasteiger partial charge in [0.15, 0.2) is 0 Å². The van der Waals surface area contributed by atoms with Crippen molar-refractivity contribution in [2.75, 3.05) is 5.73 Å². The molecule has 0 aliphatic heterocycles. The summed E-state index contributed by atoms with van der Waals surface area (Å²) in [7, 11) is 0. The van der Waals surface area contributed by atoms with E-state index in [0.29, 0.717) is 5.69 Å². The third kappa shape index (κ3) is 3.07. The van der Waals surface area contributed by atoms with E-state index in [1.54, 1.807) is 18.5 Å². The molecule has 110 valence electrons. The molecular formula is C18H17N3O. The normalized spacial score (nSPS) is 11.9. The number of nitrogens with zero attached hydrogens (tertiary/aromatic N) is 1. The fourth-order valence-electron chi connectivity index (χ4n) is 2.22. The van der Waals surface area contributed by atoms with Crippen LogP contribution in [-0.2, 0) is 0 Å². The van der Waals surface area contributed by atoms with E-state index in [1.165, 1.54) is 0 Å². The summed E-state index contributed by atoms with van der Waals surface area (Å²) in [4.78, 5) is 4.08. The minimum Gasteiger partial charge on any atom is -0.457 e. The van der Waals surface area contributed by atoms with Crippen molar-refractivity contribution in [1.82, 2.24) is 4.98 Å². The first-order valence-corrected chi connectivity index (χ1v) is 7.02. The zero-order chi connectivity index (χ0) is 15.4. The van der Waals surface area contributed by atoms with Gasteiger partial charge in [-0.2, -0.15) is 0 Å². The first-order valence-electron chi connectivity index (χ1n) is 7.02. The van der Waals surface area contributed by atoms with Crippen LogP contribution in [-0.4, -0.2) is 4.98 Å². The molecule has 1 unspecified atom stereocenters. The van der Waals surface area contributed by atoms with Gasteiger partial charge in [-0.1, -0.05) is 30.3 Å². The molecule has 0 amide bonds. The van der Waals surface area contributed by atoms with Crippen LogP contribution in [0.25, 0.3) is 0 Å². The summed E-state index contributed by atoms with van der Waals surface area (Å²) >= 11 is 0. The van der Waals surface area contributed by atoms with Crippen LogP contribution in [0.3, 0.4) is 0 Å². The monoisotopic (exact) mass is 291 g/mol. The van der Waals surface area contributed by atoms with E-state index in [4.69, 9.17) is 16.2 Å². The topological polar surface area (TPSA) is 74.2 Å². The molecule has 1 atom stereocenters. The standard InChI is InChI=1S/C18H17N3O/c19-17-10-11-21-12-16(17)18(20)13-6-8-15(9-7-13)22-14-4-2-1-3-5-14/h1-12,18H,20H2,(H2,19,21). The van der Waals surface area contributed by atoms with Crippen molar-refractivity contribution in [2.24, 2.45) is 5.73 Å². The summed E-state index contributed by atoms with van der Waals surface area (Å²) in [6.07, 6.45) is 3.36. The van der Waals surface area contributed by atoms with Crippen LogP contribution in [0.1, 0.15) is 17.2 Å². The predicted octanol–water partition coefficient (Wildman–Crippen LogP) is 3.50. The predicted molar refractivity (Wildman–Crippen MR) is 87.6 cm³/mol. The van der Waals surface area contributed by atoms with Crippen LogP contribution in [0.5, 0.6) is 11.5 Å². The Balaban J connectivity index is 1.78. The van der Waals surface area contributed by atoms with Crippen molar-refractivity contribution in [3.05, 3.63) is 84.2 Å².